The van der Waals surface area contributed by atoms with Crippen LogP contribution in [0.5, 0.6) is 0 Å². The van der Waals surface area contributed by atoms with Crippen molar-refractivity contribution >= 4 is 12.6 Å². The predicted octanol–water partition coefficient (Wildman–Crippen LogP) is -1.95. The monoisotopic (exact) mass is 259 g/mol. The van der Waals surface area contributed by atoms with Gasteiger partial charge in [0.25, 0.3) is 5.56 Å². The van der Waals surface area contributed by atoms with Crippen LogP contribution in [-0.4, -0.2) is 38.7 Å². The Morgan fingerprint density at radius 3 is 2.82 bits per heavy atom. The highest BCUT2D eigenvalue weighted by Gasteiger charge is 2.41. The maximum Gasteiger partial charge on any atom is 0.330 e. The van der Waals surface area contributed by atoms with Gasteiger partial charge in [-0.2, -0.15) is 12.6 Å². The highest BCUT2D eigenvalue weighted by Crippen LogP contribution is 2.30. The fourth-order valence-corrected chi connectivity index (χ4v) is 2.19. The summed E-state index contributed by atoms with van der Waals surface area (Å²) in [7, 11) is 0. The van der Waals surface area contributed by atoms with Gasteiger partial charge in [-0.25, -0.2) is 4.79 Å². The summed E-state index contributed by atoms with van der Waals surface area (Å²) in [5.74, 6) is 0. The van der Waals surface area contributed by atoms with E-state index in [4.69, 9.17) is 15.6 Å². The molecule has 2 rings (SSSR count). The zero-order valence-electron chi connectivity index (χ0n) is 8.81. The van der Waals surface area contributed by atoms with Crippen LogP contribution in [0.15, 0.2) is 21.9 Å². The molecule has 1 aromatic rings. The normalized spacial score (nSPS) is 32.9. The van der Waals surface area contributed by atoms with Gasteiger partial charge in [0.05, 0.1) is 18.0 Å². The van der Waals surface area contributed by atoms with E-state index in [1.54, 1.807) is 0 Å². The molecule has 0 saturated carbocycles. The van der Waals surface area contributed by atoms with Crippen molar-refractivity contribution in [2.24, 2.45) is 5.73 Å². The van der Waals surface area contributed by atoms with Crippen LogP contribution < -0.4 is 17.0 Å². The molecule has 17 heavy (non-hydrogen) atoms. The van der Waals surface area contributed by atoms with Gasteiger partial charge >= 0.3 is 5.69 Å². The number of thiol groups is 1. The molecule has 0 unspecified atom stereocenters. The summed E-state index contributed by atoms with van der Waals surface area (Å²) < 4.78 is 6.63. The number of nitrogens with two attached hydrogens (primary N) is 1. The molecule has 0 spiro atoms. The van der Waals surface area contributed by atoms with Gasteiger partial charge in [-0.05, 0) is 0 Å². The topological polar surface area (TPSA) is 110 Å². The predicted molar refractivity (Wildman–Crippen MR) is 63.1 cm³/mol. The number of aliphatic hydroxyl groups excluding tert-OH is 1. The molecule has 94 valence electrons. The zero-order chi connectivity index (χ0) is 12.6. The van der Waals surface area contributed by atoms with Gasteiger partial charge in [-0.15, -0.1) is 0 Å². The molecule has 0 aliphatic carbocycles. The Balaban J connectivity index is 2.35. The van der Waals surface area contributed by atoms with Crippen molar-refractivity contribution < 1.29 is 9.84 Å². The van der Waals surface area contributed by atoms with Gasteiger partial charge in [0.2, 0.25) is 0 Å². The number of aromatic nitrogens is 2. The van der Waals surface area contributed by atoms with E-state index < -0.39 is 34.9 Å². The van der Waals surface area contributed by atoms with E-state index >= 15 is 0 Å². The molecule has 4 atom stereocenters. The van der Waals surface area contributed by atoms with E-state index in [9.17, 15) is 9.59 Å². The summed E-state index contributed by atoms with van der Waals surface area (Å²) in [5, 5.41) is 8.61. The van der Waals surface area contributed by atoms with Crippen LogP contribution in [0.2, 0.25) is 0 Å². The second-order valence-electron chi connectivity index (χ2n) is 3.83. The van der Waals surface area contributed by atoms with Crippen LogP contribution >= 0.6 is 12.6 Å². The lowest BCUT2D eigenvalue weighted by atomic mass is 10.1. The number of aliphatic hydroxyl groups is 1. The summed E-state index contributed by atoms with van der Waals surface area (Å²) in [4.78, 5) is 24.6. The minimum atomic E-state index is -0.699. The minimum Gasteiger partial charge on any atom is -0.394 e. The molecule has 0 bridgehead atoms. The molecule has 4 N–H and O–H groups in total. The molecule has 1 fully saturated rings. The molecule has 1 saturated heterocycles. The fraction of sp³-hybridized carbons (Fsp3) is 0.556. The number of rotatable bonds is 2. The van der Waals surface area contributed by atoms with Crippen LogP contribution in [0.3, 0.4) is 0 Å². The molecule has 2 heterocycles. The van der Waals surface area contributed by atoms with Crippen LogP contribution in [0.4, 0.5) is 0 Å². The molecule has 1 aliphatic rings. The number of hydrogen-bond donors (Lipinski definition) is 4. The van der Waals surface area contributed by atoms with Crippen LogP contribution in [0.1, 0.15) is 6.23 Å². The van der Waals surface area contributed by atoms with Gasteiger partial charge in [-0.1, -0.05) is 0 Å². The summed E-state index contributed by atoms with van der Waals surface area (Å²) in [6.45, 7) is -0.243. The Bertz CT molecular complexity index is 513. The molecule has 1 aliphatic heterocycles. The zero-order valence-corrected chi connectivity index (χ0v) is 9.71. The van der Waals surface area contributed by atoms with Gasteiger partial charge in [0, 0.05) is 18.3 Å². The maximum absolute atomic E-state index is 11.6. The lowest BCUT2D eigenvalue weighted by Crippen LogP contribution is -2.39. The highest BCUT2D eigenvalue weighted by molar-refractivity contribution is 7.81. The third-order valence-corrected chi connectivity index (χ3v) is 3.33. The van der Waals surface area contributed by atoms with E-state index in [0.717, 1.165) is 0 Å². The second kappa shape index (κ2) is 4.65. The van der Waals surface area contributed by atoms with Crippen molar-refractivity contribution in [3.05, 3.63) is 33.1 Å². The van der Waals surface area contributed by atoms with Crippen LogP contribution in [0.25, 0.3) is 0 Å². The van der Waals surface area contributed by atoms with Crippen LogP contribution in [-0.2, 0) is 4.74 Å². The molecule has 1 aromatic heterocycles. The van der Waals surface area contributed by atoms with Crippen molar-refractivity contribution in [1.82, 2.24) is 9.55 Å². The van der Waals surface area contributed by atoms with Crippen LogP contribution in [0, 0.1) is 0 Å². The van der Waals surface area contributed by atoms with Gasteiger partial charge in [0.15, 0.2) is 6.23 Å². The molecule has 7 nitrogen and oxygen atoms in total. The number of hydrogen-bond acceptors (Lipinski definition) is 6. The Morgan fingerprint density at radius 1 is 1.59 bits per heavy atom. The number of nitrogens with zero attached hydrogens (tertiary/aromatic N) is 1. The molecule has 8 heteroatoms. The van der Waals surface area contributed by atoms with Gasteiger partial charge < -0.3 is 15.6 Å². The fourth-order valence-electron chi connectivity index (χ4n) is 1.78. The van der Waals surface area contributed by atoms with E-state index in [1.807, 2.05) is 0 Å². The second-order valence-corrected chi connectivity index (χ2v) is 4.43. The van der Waals surface area contributed by atoms with Crippen molar-refractivity contribution in [2.45, 2.75) is 23.6 Å². The Hall–Kier alpha value is -1.09. The minimum absolute atomic E-state index is 0.243. The van der Waals surface area contributed by atoms with E-state index in [1.165, 1.54) is 16.8 Å². The Morgan fingerprint density at radius 2 is 2.29 bits per heavy atom. The number of H-pyrrole nitrogens is 1. The molecular weight excluding hydrogens is 246 g/mol. The highest BCUT2D eigenvalue weighted by atomic mass is 32.1. The summed E-state index contributed by atoms with van der Waals surface area (Å²) in [5.41, 5.74) is 4.72. The summed E-state index contributed by atoms with van der Waals surface area (Å²) in [6, 6.07) is 0.732. The van der Waals surface area contributed by atoms with E-state index in [2.05, 4.69) is 17.6 Å². The number of aromatic amines is 1. The third-order valence-electron chi connectivity index (χ3n) is 2.74. The Labute approximate surface area is 102 Å². The first kappa shape index (κ1) is 12.4. The maximum atomic E-state index is 11.6. The standard InChI is InChI=1S/C9H13N3O4S/c10-6-4(3-13)16-8(7(6)17)12-2-1-5(14)11-9(12)15/h1-2,4,6-8,13,17H,3,10H2,(H,11,14,15)/t4-,6-,7-,8-/m1/s1. The van der Waals surface area contributed by atoms with Gasteiger partial charge in [0.1, 0.15) is 0 Å². The SMILES string of the molecule is N[C@H]1[C@@H](S)[C@H](n2ccc(=O)[nH]c2=O)O[C@@H]1CO. The first-order valence-electron chi connectivity index (χ1n) is 5.06. The van der Waals surface area contributed by atoms with Gasteiger partial charge in [-0.3, -0.25) is 14.3 Å². The van der Waals surface area contributed by atoms with Crippen molar-refractivity contribution in [2.75, 3.05) is 6.61 Å². The largest absolute Gasteiger partial charge is 0.394 e. The number of ether oxygens (including phenoxy) is 1. The molecule has 0 amide bonds. The average molecular weight is 259 g/mol. The molecule has 0 aromatic carbocycles. The average Bonchev–Trinajstić information content (AvgIpc) is 2.57. The summed E-state index contributed by atoms with van der Waals surface area (Å²) >= 11 is 4.27. The quantitative estimate of drug-likeness (QED) is 0.461. The lowest BCUT2D eigenvalue weighted by molar-refractivity contribution is -0.0260. The number of nitrogens with one attached hydrogen (secondary N) is 1. The molecule has 0 radical (unpaired) electrons. The Kier molecular flexibility index (Phi) is 3.38. The lowest BCUT2D eigenvalue weighted by Gasteiger charge is -2.17. The molecular formula is C9H13N3O4S. The smallest absolute Gasteiger partial charge is 0.330 e. The van der Waals surface area contributed by atoms with Crippen molar-refractivity contribution in [1.29, 1.82) is 0 Å². The van der Waals surface area contributed by atoms with Crippen molar-refractivity contribution in [3.8, 4) is 0 Å². The first-order valence-corrected chi connectivity index (χ1v) is 5.57. The third kappa shape index (κ3) is 2.16. The van der Waals surface area contributed by atoms with Crippen molar-refractivity contribution in [3.63, 3.8) is 0 Å². The summed E-state index contributed by atoms with van der Waals surface area (Å²) in [6.07, 6.45) is 0.0535. The van der Waals surface area contributed by atoms with E-state index in [-0.39, 0.29) is 6.61 Å². The van der Waals surface area contributed by atoms with E-state index in [0.29, 0.717) is 0 Å². The first-order chi connectivity index (χ1) is 8.04.